The Morgan fingerprint density at radius 1 is 0.778 bits per heavy atom. The van der Waals surface area contributed by atoms with Crippen LogP contribution in [0.15, 0.2) is 48.5 Å². The summed E-state index contributed by atoms with van der Waals surface area (Å²) in [5.41, 5.74) is 10.5. The molecule has 17 heteroatoms. The molecule has 4 N–H and O–H groups in total. The number of primary amides is 1. The van der Waals surface area contributed by atoms with Crippen LogP contribution in [0.4, 0.5) is 11.9 Å². The fraction of sp³-hybridized carbons (Fsp3) is 0.351. The number of amides is 4. The van der Waals surface area contributed by atoms with E-state index in [0.29, 0.717) is 95.7 Å². The summed E-state index contributed by atoms with van der Waals surface area (Å²) in [6, 6.07) is 13.9. The maximum Gasteiger partial charge on any atom is 0.276 e. The summed E-state index contributed by atoms with van der Waals surface area (Å²) in [5, 5.41) is 14.7. The molecule has 0 aliphatic carbocycles. The van der Waals surface area contributed by atoms with E-state index in [1.54, 1.807) is 59.9 Å². The minimum atomic E-state index is -0.582. The molecule has 0 atom stereocenters. The van der Waals surface area contributed by atoms with Gasteiger partial charge >= 0.3 is 0 Å². The Morgan fingerprint density at radius 2 is 1.35 bits per heavy atom. The van der Waals surface area contributed by atoms with Crippen molar-refractivity contribution in [2.45, 2.75) is 66.7 Å². The first-order valence-electron chi connectivity index (χ1n) is 17.7. The molecule has 2 aromatic carbocycles. The van der Waals surface area contributed by atoms with Gasteiger partial charge in [0.05, 0.1) is 27.9 Å². The summed E-state index contributed by atoms with van der Waals surface area (Å²) >= 11 is 0. The highest BCUT2D eigenvalue weighted by molar-refractivity contribution is 6.04. The van der Waals surface area contributed by atoms with Crippen molar-refractivity contribution in [2.75, 3.05) is 31.3 Å². The van der Waals surface area contributed by atoms with E-state index < -0.39 is 5.91 Å². The first kappa shape index (κ1) is 37.2. The van der Waals surface area contributed by atoms with Gasteiger partial charge in [0.2, 0.25) is 17.8 Å². The van der Waals surface area contributed by atoms with Crippen molar-refractivity contribution >= 4 is 57.6 Å². The summed E-state index contributed by atoms with van der Waals surface area (Å²) in [6.07, 6.45) is 1.25. The van der Waals surface area contributed by atoms with Crippen molar-refractivity contribution in [2.24, 2.45) is 5.73 Å². The first-order chi connectivity index (χ1) is 25.9. The number of likely N-dealkylation sites (N-methyl/N-ethyl adjacent to an activating group) is 1. The summed E-state index contributed by atoms with van der Waals surface area (Å²) in [4.78, 5) is 62.2. The van der Waals surface area contributed by atoms with Crippen LogP contribution in [0.5, 0.6) is 5.75 Å². The normalized spacial score (nSPS) is 11.3. The fourth-order valence-corrected chi connectivity index (χ4v) is 6.24. The summed E-state index contributed by atoms with van der Waals surface area (Å²) < 4.78 is 13.0. The number of aromatic nitrogens is 8. The number of ether oxygens (including phenoxy) is 1. The lowest BCUT2D eigenvalue weighted by molar-refractivity contribution is -0.130. The van der Waals surface area contributed by atoms with Gasteiger partial charge in [-0.25, -0.2) is 9.97 Å². The van der Waals surface area contributed by atoms with Gasteiger partial charge in [-0.15, -0.1) is 0 Å². The number of rotatable bonds is 15. The van der Waals surface area contributed by atoms with Crippen LogP contribution in [0.1, 0.15) is 69.4 Å². The number of carbonyl (C=O) groups excluding carboxylic acids is 4. The van der Waals surface area contributed by atoms with Gasteiger partial charge in [0.15, 0.2) is 6.61 Å². The number of hydrogen-bond acceptors (Lipinski definition) is 9. The van der Waals surface area contributed by atoms with Crippen LogP contribution in [0.2, 0.25) is 0 Å². The van der Waals surface area contributed by atoms with Crippen molar-refractivity contribution in [1.82, 2.24) is 43.6 Å². The lowest BCUT2D eigenvalue weighted by atomic mass is 10.2. The van der Waals surface area contributed by atoms with Crippen molar-refractivity contribution in [3.8, 4) is 5.75 Å². The lowest BCUT2D eigenvalue weighted by Crippen LogP contribution is -2.27. The number of para-hydroxylation sites is 1. The maximum atomic E-state index is 13.6. The molecule has 0 fully saturated rings. The van der Waals surface area contributed by atoms with Crippen molar-refractivity contribution < 1.29 is 23.9 Å². The number of hydrogen-bond donors (Lipinski definition) is 3. The van der Waals surface area contributed by atoms with E-state index in [0.717, 1.165) is 11.4 Å². The van der Waals surface area contributed by atoms with E-state index >= 15 is 0 Å². The van der Waals surface area contributed by atoms with Crippen LogP contribution in [-0.4, -0.2) is 87.9 Å². The number of imidazole rings is 2. The second-order valence-electron chi connectivity index (χ2n) is 13.0. The van der Waals surface area contributed by atoms with Gasteiger partial charge in [0.25, 0.3) is 17.7 Å². The predicted molar refractivity (Wildman–Crippen MR) is 203 cm³/mol. The molecular formula is C37H44N12O5. The number of unbranched alkanes of at least 4 members (excludes halogenated alkanes) is 1. The van der Waals surface area contributed by atoms with Crippen molar-refractivity contribution in [3.63, 3.8) is 0 Å². The summed E-state index contributed by atoms with van der Waals surface area (Å²) in [7, 11) is 3.31. The molecule has 0 aliphatic rings. The van der Waals surface area contributed by atoms with E-state index in [4.69, 9.17) is 15.5 Å². The summed E-state index contributed by atoms with van der Waals surface area (Å²) in [6.45, 7) is 9.24. The molecular weight excluding hydrogens is 692 g/mol. The second kappa shape index (κ2) is 15.6. The molecule has 6 rings (SSSR count). The molecule has 4 aromatic heterocycles. The number of aryl methyl sites for hydroxylation is 6. The number of carbonyl (C=O) groups is 4. The van der Waals surface area contributed by atoms with Crippen LogP contribution < -0.4 is 21.1 Å². The molecule has 0 radical (unpaired) electrons. The Balaban J connectivity index is 1.28. The Morgan fingerprint density at radius 3 is 1.91 bits per heavy atom. The van der Waals surface area contributed by atoms with Gasteiger partial charge in [0.1, 0.15) is 22.7 Å². The highest BCUT2D eigenvalue weighted by Gasteiger charge is 2.22. The molecule has 4 amide bonds. The van der Waals surface area contributed by atoms with Gasteiger partial charge < -0.3 is 24.5 Å². The Kier molecular flexibility index (Phi) is 10.8. The van der Waals surface area contributed by atoms with Crippen molar-refractivity contribution in [1.29, 1.82) is 0 Å². The van der Waals surface area contributed by atoms with E-state index in [-0.39, 0.29) is 24.3 Å². The predicted octanol–water partition coefficient (Wildman–Crippen LogP) is 3.99. The Labute approximate surface area is 311 Å². The minimum Gasteiger partial charge on any atom is -0.481 e. The van der Waals surface area contributed by atoms with Gasteiger partial charge in [-0.05, 0) is 83.0 Å². The Bertz CT molecular complexity index is 2380. The number of fused-ring (bicyclic) bond motifs is 2. The van der Waals surface area contributed by atoms with Gasteiger partial charge in [-0.1, -0.05) is 6.07 Å². The molecule has 6 aromatic rings. The number of nitrogens with zero attached hydrogens (tertiary/aromatic N) is 9. The van der Waals surface area contributed by atoms with Crippen LogP contribution in [0.25, 0.3) is 22.1 Å². The standard InChI is InChI=1S/C37H44N12O5/c1-7-48-28(18-22(3)43-48)34(52)41-36-39-25-20-24(33(38)51)14-15-26(25)46(36)16-9-10-17-47-27-12-11-13-30(54-21-31(50)45(5)6)32(27)40-37(47)42-35(53)29-19-23(4)44-49(29)8-2/h11-15,18-20H,7-10,16-17,21H2,1-6H3,(H2,38,51)(H,39,41,52)(H,40,42,53). The second-order valence-corrected chi connectivity index (χ2v) is 13.0. The third kappa shape index (κ3) is 7.65. The van der Waals surface area contributed by atoms with Crippen LogP contribution in [-0.2, 0) is 31.0 Å². The van der Waals surface area contributed by atoms with Crippen LogP contribution in [0.3, 0.4) is 0 Å². The van der Waals surface area contributed by atoms with Crippen LogP contribution >= 0.6 is 0 Å². The third-order valence-corrected chi connectivity index (χ3v) is 8.96. The van der Waals surface area contributed by atoms with Crippen molar-refractivity contribution in [3.05, 3.63) is 76.9 Å². The first-order valence-corrected chi connectivity index (χ1v) is 17.7. The number of anilines is 2. The molecule has 54 heavy (non-hydrogen) atoms. The zero-order valence-electron chi connectivity index (χ0n) is 31.2. The smallest absolute Gasteiger partial charge is 0.276 e. The lowest BCUT2D eigenvalue weighted by Gasteiger charge is -2.13. The fourth-order valence-electron chi connectivity index (χ4n) is 6.24. The molecule has 0 saturated heterocycles. The van der Waals surface area contributed by atoms with Gasteiger partial charge in [0, 0.05) is 45.8 Å². The molecule has 17 nitrogen and oxygen atoms in total. The largest absolute Gasteiger partial charge is 0.481 e. The molecule has 282 valence electrons. The summed E-state index contributed by atoms with van der Waals surface area (Å²) in [5.74, 6) is -0.472. The van der Waals surface area contributed by atoms with Gasteiger partial charge in [-0.3, -0.25) is 39.2 Å². The average Bonchev–Trinajstić information content (AvgIpc) is 3.91. The average molecular weight is 737 g/mol. The molecule has 0 saturated carbocycles. The highest BCUT2D eigenvalue weighted by Crippen LogP contribution is 2.30. The molecule has 0 bridgehead atoms. The highest BCUT2D eigenvalue weighted by atomic mass is 16.5. The molecule has 0 spiro atoms. The maximum absolute atomic E-state index is 13.6. The minimum absolute atomic E-state index is 0.172. The van der Waals surface area contributed by atoms with Gasteiger partial charge in [-0.2, -0.15) is 10.2 Å². The SMILES string of the molecule is CCn1nc(C)cc1C(=O)Nc1nc2cc(C(N)=O)ccc2n1CCCCn1c(NC(=O)c2cc(C)nn2CC)nc2c(OCC(=O)N(C)C)cccc21. The molecule has 0 aliphatic heterocycles. The van der Waals surface area contributed by atoms with E-state index in [1.807, 2.05) is 49.0 Å². The topological polar surface area (TPSA) is 202 Å². The number of nitrogens with one attached hydrogen (secondary N) is 2. The van der Waals surface area contributed by atoms with Crippen LogP contribution in [0, 0.1) is 13.8 Å². The Hall–Kier alpha value is -6.52. The number of benzene rings is 2. The number of nitrogens with two attached hydrogens (primary N) is 1. The molecule has 4 heterocycles. The molecule has 0 unspecified atom stereocenters. The zero-order chi connectivity index (χ0) is 38.7. The van der Waals surface area contributed by atoms with E-state index in [1.165, 1.54) is 4.90 Å². The monoisotopic (exact) mass is 736 g/mol. The zero-order valence-corrected chi connectivity index (χ0v) is 31.2. The third-order valence-electron chi connectivity index (χ3n) is 8.96. The van der Waals surface area contributed by atoms with E-state index in [9.17, 15) is 19.2 Å². The quantitative estimate of drug-likeness (QED) is 0.130. The van der Waals surface area contributed by atoms with E-state index in [2.05, 4.69) is 25.8 Å².